The standard InChI is InChI=1S/C16H26N2OS/c1-18(11-13-6-8-17-9-7-13)12-14-4-5-16(20-3)15(10-14)19-2/h4-5,10,13,17H,6-9,11-12H2,1-3H3. The number of hydrogen-bond donors (Lipinski definition) is 1. The molecule has 1 aromatic rings. The molecule has 3 nitrogen and oxygen atoms in total. The summed E-state index contributed by atoms with van der Waals surface area (Å²) in [5.41, 5.74) is 1.33. The predicted molar refractivity (Wildman–Crippen MR) is 86.7 cm³/mol. The number of hydrogen-bond acceptors (Lipinski definition) is 4. The number of nitrogens with one attached hydrogen (secondary N) is 1. The van der Waals surface area contributed by atoms with Crippen LogP contribution in [0.5, 0.6) is 5.75 Å². The van der Waals surface area contributed by atoms with Gasteiger partial charge in [0.2, 0.25) is 0 Å². The highest BCUT2D eigenvalue weighted by Crippen LogP contribution is 2.28. The summed E-state index contributed by atoms with van der Waals surface area (Å²) in [6, 6.07) is 6.55. The number of piperidine rings is 1. The summed E-state index contributed by atoms with van der Waals surface area (Å²) in [5.74, 6) is 1.83. The minimum atomic E-state index is 0.841. The van der Waals surface area contributed by atoms with E-state index in [1.807, 2.05) is 0 Å². The van der Waals surface area contributed by atoms with E-state index in [0.29, 0.717) is 0 Å². The molecule has 4 heteroatoms. The molecule has 0 aromatic heterocycles. The molecule has 1 aromatic carbocycles. The van der Waals surface area contributed by atoms with E-state index in [-0.39, 0.29) is 0 Å². The van der Waals surface area contributed by atoms with Crippen molar-refractivity contribution in [2.24, 2.45) is 5.92 Å². The first kappa shape index (κ1) is 15.7. The van der Waals surface area contributed by atoms with Crippen molar-refractivity contribution >= 4 is 11.8 Å². The van der Waals surface area contributed by atoms with E-state index in [0.717, 1.165) is 18.2 Å². The average Bonchev–Trinajstić information content (AvgIpc) is 2.48. The Balaban J connectivity index is 1.91. The molecule has 0 bridgehead atoms. The Hall–Kier alpha value is -0.710. The third-order valence-corrected chi connectivity index (χ3v) is 4.71. The van der Waals surface area contributed by atoms with Gasteiger partial charge in [0, 0.05) is 18.0 Å². The van der Waals surface area contributed by atoms with Gasteiger partial charge >= 0.3 is 0 Å². The summed E-state index contributed by atoms with van der Waals surface area (Å²) in [6.07, 6.45) is 4.69. The molecule has 2 rings (SSSR count). The molecule has 0 radical (unpaired) electrons. The second-order valence-electron chi connectivity index (χ2n) is 5.58. The lowest BCUT2D eigenvalue weighted by molar-refractivity contribution is 0.234. The number of rotatable bonds is 6. The first-order valence-electron chi connectivity index (χ1n) is 7.33. The number of benzene rings is 1. The van der Waals surface area contributed by atoms with Gasteiger partial charge < -0.3 is 15.0 Å². The number of ether oxygens (including phenoxy) is 1. The van der Waals surface area contributed by atoms with Gasteiger partial charge in [-0.25, -0.2) is 0 Å². The maximum Gasteiger partial charge on any atom is 0.132 e. The topological polar surface area (TPSA) is 24.5 Å². The Kier molecular flexibility index (Phi) is 6.20. The van der Waals surface area contributed by atoms with Crippen LogP contribution in [0.3, 0.4) is 0 Å². The van der Waals surface area contributed by atoms with E-state index in [9.17, 15) is 0 Å². The Morgan fingerprint density at radius 3 is 2.75 bits per heavy atom. The van der Waals surface area contributed by atoms with E-state index in [2.05, 4.69) is 41.7 Å². The summed E-state index contributed by atoms with van der Waals surface area (Å²) in [6.45, 7) is 4.53. The highest BCUT2D eigenvalue weighted by atomic mass is 32.2. The molecular weight excluding hydrogens is 268 g/mol. The molecule has 0 atom stereocenters. The molecule has 112 valence electrons. The van der Waals surface area contributed by atoms with Crippen LogP contribution in [0.25, 0.3) is 0 Å². The smallest absolute Gasteiger partial charge is 0.132 e. The maximum absolute atomic E-state index is 5.46. The molecule has 1 heterocycles. The van der Waals surface area contributed by atoms with E-state index >= 15 is 0 Å². The summed E-state index contributed by atoms with van der Waals surface area (Å²) < 4.78 is 5.46. The molecular formula is C16H26N2OS. The van der Waals surface area contributed by atoms with Gasteiger partial charge in [0.1, 0.15) is 5.75 Å². The fourth-order valence-electron chi connectivity index (χ4n) is 2.86. The molecule has 0 saturated carbocycles. The fourth-order valence-corrected chi connectivity index (χ4v) is 3.41. The van der Waals surface area contributed by atoms with Gasteiger partial charge in [0.15, 0.2) is 0 Å². The second-order valence-corrected chi connectivity index (χ2v) is 6.43. The van der Waals surface area contributed by atoms with Crippen molar-refractivity contribution in [3.63, 3.8) is 0 Å². The fraction of sp³-hybridized carbons (Fsp3) is 0.625. The minimum Gasteiger partial charge on any atom is -0.496 e. The molecule has 0 unspecified atom stereocenters. The molecule has 1 aliphatic rings. The second kappa shape index (κ2) is 7.91. The Morgan fingerprint density at radius 1 is 1.35 bits per heavy atom. The van der Waals surface area contributed by atoms with Crippen molar-refractivity contribution in [3.8, 4) is 5.75 Å². The maximum atomic E-state index is 5.46. The zero-order valence-electron chi connectivity index (χ0n) is 12.8. The van der Waals surface area contributed by atoms with E-state index < -0.39 is 0 Å². The normalized spacial score (nSPS) is 16.6. The van der Waals surface area contributed by atoms with E-state index in [4.69, 9.17) is 4.74 Å². The van der Waals surface area contributed by atoms with Crippen LogP contribution in [0.15, 0.2) is 23.1 Å². The molecule has 0 aliphatic carbocycles. The molecule has 1 fully saturated rings. The van der Waals surface area contributed by atoms with Crippen LogP contribution in [-0.4, -0.2) is 44.9 Å². The lowest BCUT2D eigenvalue weighted by Gasteiger charge is -2.27. The zero-order chi connectivity index (χ0) is 14.4. The number of nitrogens with zero attached hydrogens (tertiary/aromatic N) is 1. The van der Waals surface area contributed by atoms with Crippen LogP contribution in [0.2, 0.25) is 0 Å². The van der Waals surface area contributed by atoms with Gasteiger partial charge in [-0.2, -0.15) is 0 Å². The predicted octanol–water partition coefficient (Wildman–Crippen LogP) is 2.85. The number of methoxy groups -OCH3 is 1. The zero-order valence-corrected chi connectivity index (χ0v) is 13.6. The van der Waals surface area contributed by atoms with Gasteiger partial charge in [-0.1, -0.05) is 6.07 Å². The third-order valence-electron chi connectivity index (χ3n) is 3.93. The average molecular weight is 294 g/mol. The van der Waals surface area contributed by atoms with Crippen LogP contribution in [-0.2, 0) is 6.54 Å². The monoisotopic (exact) mass is 294 g/mol. The molecule has 20 heavy (non-hydrogen) atoms. The largest absolute Gasteiger partial charge is 0.496 e. The summed E-state index contributed by atoms with van der Waals surface area (Å²) >= 11 is 1.73. The highest BCUT2D eigenvalue weighted by molar-refractivity contribution is 7.98. The molecule has 1 saturated heterocycles. The summed E-state index contributed by atoms with van der Waals surface area (Å²) in [7, 11) is 3.97. The first-order chi connectivity index (χ1) is 9.72. The van der Waals surface area contributed by atoms with Gasteiger partial charge in [0.05, 0.1) is 7.11 Å². The van der Waals surface area contributed by atoms with Crippen molar-refractivity contribution in [2.75, 3.05) is 40.0 Å². The SMILES string of the molecule is COc1cc(CN(C)CC2CCNCC2)ccc1SC. The van der Waals surface area contributed by atoms with E-state index in [1.165, 1.54) is 42.9 Å². The lowest BCUT2D eigenvalue weighted by Crippen LogP contribution is -2.34. The molecule has 0 amide bonds. The summed E-state index contributed by atoms with van der Waals surface area (Å²) in [4.78, 5) is 3.64. The van der Waals surface area contributed by atoms with Gasteiger partial charge in [-0.15, -0.1) is 11.8 Å². The van der Waals surface area contributed by atoms with Gasteiger partial charge in [0.25, 0.3) is 0 Å². The van der Waals surface area contributed by atoms with Crippen LogP contribution in [0.4, 0.5) is 0 Å². The van der Waals surface area contributed by atoms with E-state index in [1.54, 1.807) is 18.9 Å². The van der Waals surface area contributed by atoms with Crippen LogP contribution in [0.1, 0.15) is 18.4 Å². The van der Waals surface area contributed by atoms with Crippen LogP contribution >= 0.6 is 11.8 Å². The molecule has 1 aliphatic heterocycles. The van der Waals surface area contributed by atoms with Crippen LogP contribution < -0.4 is 10.1 Å². The number of thioether (sulfide) groups is 1. The van der Waals surface area contributed by atoms with Crippen LogP contribution in [0, 0.1) is 5.92 Å². The van der Waals surface area contributed by atoms with Gasteiger partial charge in [-0.3, -0.25) is 0 Å². The van der Waals surface area contributed by atoms with Crippen molar-refractivity contribution in [1.29, 1.82) is 0 Å². The third kappa shape index (κ3) is 4.40. The van der Waals surface area contributed by atoms with Crippen molar-refractivity contribution < 1.29 is 4.74 Å². The highest BCUT2D eigenvalue weighted by Gasteiger charge is 2.15. The summed E-state index contributed by atoms with van der Waals surface area (Å²) in [5, 5.41) is 3.43. The first-order valence-corrected chi connectivity index (χ1v) is 8.55. The van der Waals surface area contributed by atoms with Crippen molar-refractivity contribution in [1.82, 2.24) is 10.2 Å². The minimum absolute atomic E-state index is 0.841. The van der Waals surface area contributed by atoms with Crippen molar-refractivity contribution in [3.05, 3.63) is 23.8 Å². The van der Waals surface area contributed by atoms with Gasteiger partial charge in [-0.05, 0) is 62.8 Å². The molecule has 0 spiro atoms. The molecule has 1 N–H and O–H groups in total. The lowest BCUT2D eigenvalue weighted by atomic mass is 9.97. The van der Waals surface area contributed by atoms with Crippen molar-refractivity contribution in [2.45, 2.75) is 24.3 Å². The Morgan fingerprint density at radius 2 is 2.10 bits per heavy atom. The quantitative estimate of drug-likeness (QED) is 0.816. The Bertz CT molecular complexity index is 419. The Labute approximate surface area is 127 Å².